The highest BCUT2D eigenvalue weighted by molar-refractivity contribution is 9.10. The van der Waals surface area contributed by atoms with Crippen molar-refractivity contribution in [2.75, 3.05) is 0 Å². The van der Waals surface area contributed by atoms with E-state index >= 15 is 0 Å². The first kappa shape index (κ1) is 18.6. The van der Waals surface area contributed by atoms with Crippen LogP contribution in [0.3, 0.4) is 0 Å². The van der Waals surface area contributed by atoms with Crippen LogP contribution < -0.4 is 4.74 Å². The molecule has 2 aromatic carbocycles. The lowest BCUT2D eigenvalue weighted by molar-refractivity contribution is -0.139. The summed E-state index contributed by atoms with van der Waals surface area (Å²) in [6.07, 6.45) is 8.59. The summed E-state index contributed by atoms with van der Waals surface area (Å²) in [5, 5.41) is 0. The van der Waals surface area contributed by atoms with E-state index in [0.29, 0.717) is 11.3 Å². The van der Waals surface area contributed by atoms with E-state index in [1.54, 1.807) is 36.4 Å². The smallest absolute Gasteiger partial charge is 0.314 e. The highest BCUT2D eigenvalue weighted by Crippen LogP contribution is 2.25. The van der Waals surface area contributed by atoms with Crippen LogP contribution in [0, 0.1) is 5.92 Å². The zero-order valence-corrected chi connectivity index (χ0v) is 16.1. The fourth-order valence-electron chi connectivity index (χ4n) is 3.07. The summed E-state index contributed by atoms with van der Waals surface area (Å²) < 4.78 is 6.42. The number of carbonyl (C=O) groups excluding carboxylic acids is 2. The molecule has 4 heteroatoms. The van der Waals surface area contributed by atoms with Gasteiger partial charge in [0.05, 0.1) is 5.92 Å². The Bertz CT molecular complexity index is 785. The van der Waals surface area contributed by atoms with Crippen molar-refractivity contribution in [2.45, 2.75) is 32.1 Å². The second-order valence-corrected chi connectivity index (χ2v) is 7.45. The largest absolute Gasteiger partial charge is 0.426 e. The van der Waals surface area contributed by atoms with Gasteiger partial charge in [-0.3, -0.25) is 9.59 Å². The Morgan fingerprint density at radius 1 is 0.923 bits per heavy atom. The van der Waals surface area contributed by atoms with Gasteiger partial charge in [0.25, 0.3) is 0 Å². The van der Waals surface area contributed by atoms with Crippen LogP contribution in [-0.2, 0) is 4.79 Å². The molecule has 1 fully saturated rings. The molecular formula is C22H21BrO3. The van der Waals surface area contributed by atoms with E-state index in [1.165, 1.54) is 6.42 Å². The second-order valence-electron chi connectivity index (χ2n) is 6.53. The Morgan fingerprint density at radius 3 is 2.23 bits per heavy atom. The standard InChI is InChI=1S/C22H21BrO3/c23-19-11-9-17(10-12-19)21(24)15-8-16-6-13-20(14-7-16)26-22(25)18-4-2-1-3-5-18/h6-15,18H,1-5H2/b15-8+. The van der Waals surface area contributed by atoms with Crippen molar-refractivity contribution >= 4 is 33.8 Å². The normalized spacial score (nSPS) is 15.1. The van der Waals surface area contributed by atoms with E-state index in [1.807, 2.05) is 24.3 Å². The minimum Gasteiger partial charge on any atom is -0.426 e. The third kappa shape index (κ3) is 5.15. The van der Waals surface area contributed by atoms with Gasteiger partial charge in [-0.05, 0) is 60.9 Å². The van der Waals surface area contributed by atoms with Crippen molar-refractivity contribution in [1.82, 2.24) is 0 Å². The van der Waals surface area contributed by atoms with Gasteiger partial charge in [0.15, 0.2) is 5.78 Å². The van der Waals surface area contributed by atoms with E-state index < -0.39 is 0 Å². The van der Waals surface area contributed by atoms with Gasteiger partial charge in [0.1, 0.15) is 5.75 Å². The highest BCUT2D eigenvalue weighted by Gasteiger charge is 2.22. The summed E-state index contributed by atoms with van der Waals surface area (Å²) in [6.45, 7) is 0. The summed E-state index contributed by atoms with van der Waals surface area (Å²) in [5.74, 6) is 0.410. The van der Waals surface area contributed by atoms with E-state index in [9.17, 15) is 9.59 Å². The molecule has 1 aliphatic carbocycles. The molecule has 0 radical (unpaired) electrons. The molecule has 0 bridgehead atoms. The molecule has 0 aliphatic heterocycles. The molecule has 1 saturated carbocycles. The number of halogens is 1. The number of rotatable bonds is 5. The van der Waals surface area contributed by atoms with Gasteiger partial charge < -0.3 is 4.74 Å². The maximum absolute atomic E-state index is 12.2. The third-order valence-corrected chi connectivity index (χ3v) is 5.12. The van der Waals surface area contributed by atoms with Gasteiger partial charge in [0, 0.05) is 10.0 Å². The average molecular weight is 413 g/mol. The molecular weight excluding hydrogens is 392 g/mol. The van der Waals surface area contributed by atoms with Crippen molar-refractivity contribution in [3.63, 3.8) is 0 Å². The first-order valence-corrected chi connectivity index (χ1v) is 9.71. The van der Waals surface area contributed by atoms with Crippen LogP contribution in [0.1, 0.15) is 48.0 Å². The summed E-state index contributed by atoms with van der Waals surface area (Å²) in [4.78, 5) is 24.3. The predicted octanol–water partition coefficient (Wildman–Crippen LogP) is 5.83. The number of carbonyl (C=O) groups is 2. The maximum Gasteiger partial charge on any atom is 0.314 e. The monoisotopic (exact) mass is 412 g/mol. The van der Waals surface area contributed by atoms with E-state index in [4.69, 9.17) is 4.74 Å². The van der Waals surface area contributed by atoms with Crippen molar-refractivity contribution in [1.29, 1.82) is 0 Å². The predicted molar refractivity (Wildman–Crippen MR) is 106 cm³/mol. The first-order valence-electron chi connectivity index (χ1n) is 8.91. The van der Waals surface area contributed by atoms with Crippen LogP contribution in [0.15, 0.2) is 59.1 Å². The lowest BCUT2D eigenvalue weighted by atomic mass is 9.89. The topological polar surface area (TPSA) is 43.4 Å². The summed E-state index contributed by atoms with van der Waals surface area (Å²) in [7, 11) is 0. The first-order chi connectivity index (χ1) is 12.6. The Kier molecular flexibility index (Phi) is 6.40. The van der Waals surface area contributed by atoms with Crippen LogP contribution >= 0.6 is 15.9 Å². The molecule has 0 aromatic heterocycles. The van der Waals surface area contributed by atoms with Gasteiger partial charge in [0.2, 0.25) is 0 Å². The molecule has 134 valence electrons. The summed E-state index contributed by atoms with van der Waals surface area (Å²) in [5.41, 5.74) is 1.52. The number of hydrogen-bond acceptors (Lipinski definition) is 3. The van der Waals surface area contributed by atoms with Crippen LogP contribution in [0.2, 0.25) is 0 Å². The van der Waals surface area contributed by atoms with Gasteiger partial charge >= 0.3 is 5.97 Å². The second kappa shape index (κ2) is 8.95. The lowest BCUT2D eigenvalue weighted by Gasteiger charge is -2.19. The van der Waals surface area contributed by atoms with Gasteiger partial charge in [-0.2, -0.15) is 0 Å². The number of esters is 1. The molecule has 0 unspecified atom stereocenters. The van der Waals surface area contributed by atoms with Gasteiger partial charge in [-0.1, -0.05) is 53.4 Å². The molecule has 0 atom stereocenters. The number of allylic oxidation sites excluding steroid dienone is 1. The zero-order valence-electron chi connectivity index (χ0n) is 14.5. The van der Waals surface area contributed by atoms with Crippen molar-refractivity contribution < 1.29 is 14.3 Å². The number of ketones is 1. The fraction of sp³-hybridized carbons (Fsp3) is 0.273. The summed E-state index contributed by atoms with van der Waals surface area (Å²) >= 11 is 3.35. The van der Waals surface area contributed by atoms with Crippen molar-refractivity contribution in [2.24, 2.45) is 5.92 Å². The lowest BCUT2D eigenvalue weighted by Crippen LogP contribution is -2.22. The molecule has 0 saturated heterocycles. The molecule has 0 heterocycles. The van der Waals surface area contributed by atoms with Crippen LogP contribution in [-0.4, -0.2) is 11.8 Å². The molecule has 0 N–H and O–H groups in total. The molecule has 2 aromatic rings. The molecule has 0 amide bonds. The average Bonchev–Trinajstić information content (AvgIpc) is 2.68. The molecule has 3 rings (SSSR count). The van der Waals surface area contributed by atoms with Gasteiger partial charge in [-0.15, -0.1) is 0 Å². The number of benzene rings is 2. The van der Waals surface area contributed by atoms with Crippen LogP contribution in [0.5, 0.6) is 5.75 Å². The molecule has 3 nitrogen and oxygen atoms in total. The van der Waals surface area contributed by atoms with Crippen molar-refractivity contribution in [3.8, 4) is 5.75 Å². The Hall–Kier alpha value is -2.20. The Balaban J connectivity index is 1.57. The summed E-state index contributed by atoms with van der Waals surface area (Å²) in [6, 6.07) is 14.5. The quantitative estimate of drug-likeness (QED) is 0.268. The highest BCUT2D eigenvalue weighted by atomic mass is 79.9. The fourth-order valence-corrected chi connectivity index (χ4v) is 3.33. The van der Waals surface area contributed by atoms with Gasteiger partial charge in [-0.25, -0.2) is 0 Å². The minimum atomic E-state index is -0.126. The third-order valence-electron chi connectivity index (χ3n) is 4.59. The zero-order chi connectivity index (χ0) is 18.4. The van der Waals surface area contributed by atoms with Crippen molar-refractivity contribution in [3.05, 3.63) is 70.2 Å². The van der Waals surface area contributed by atoms with E-state index in [0.717, 1.165) is 35.7 Å². The van der Waals surface area contributed by atoms with Crippen LogP contribution in [0.4, 0.5) is 0 Å². The maximum atomic E-state index is 12.2. The van der Waals surface area contributed by atoms with E-state index in [-0.39, 0.29) is 17.7 Å². The minimum absolute atomic E-state index is 0.0341. The SMILES string of the molecule is O=C(/C=C/c1ccc(OC(=O)C2CCCCC2)cc1)c1ccc(Br)cc1. The number of hydrogen-bond donors (Lipinski definition) is 0. The Morgan fingerprint density at radius 2 is 1.58 bits per heavy atom. The van der Waals surface area contributed by atoms with E-state index in [2.05, 4.69) is 15.9 Å². The molecule has 1 aliphatic rings. The Labute approximate surface area is 162 Å². The number of ether oxygens (including phenoxy) is 1. The molecule has 0 spiro atoms. The molecule has 26 heavy (non-hydrogen) atoms. The van der Waals surface area contributed by atoms with Crippen LogP contribution in [0.25, 0.3) is 6.08 Å².